The van der Waals surface area contributed by atoms with E-state index in [-0.39, 0.29) is 13.3 Å². The Bertz CT molecular complexity index is 849. The molecule has 148 valence electrons. The first kappa shape index (κ1) is 19.7. The highest BCUT2D eigenvalue weighted by Crippen LogP contribution is 2.35. The molecule has 0 fully saturated rings. The number of nitrogens with zero attached hydrogens (tertiary/aromatic N) is 4. The highest BCUT2D eigenvalue weighted by atomic mass is 32.1. The van der Waals surface area contributed by atoms with Gasteiger partial charge in [-0.05, 0) is 37.3 Å². The van der Waals surface area contributed by atoms with E-state index < -0.39 is 18.8 Å². The number of para-hydroxylation sites is 2. The molecule has 1 unspecified atom stereocenters. The normalized spacial score (nSPS) is 16.7. The Morgan fingerprint density at radius 1 is 1.30 bits per heavy atom. The molecule has 27 heavy (non-hydrogen) atoms. The van der Waals surface area contributed by atoms with Crippen molar-refractivity contribution in [2.45, 2.75) is 32.3 Å². The number of ether oxygens (including phenoxy) is 2. The third-order valence-corrected chi connectivity index (χ3v) is 4.63. The minimum atomic E-state index is -4.28. The van der Waals surface area contributed by atoms with Crippen LogP contribution in [0, 0.1) is 4.77 Å². The molecule has 10 heteroatoms. The molecule has 0 radical (unpaired) electrons. The van der Waals surface area contributed by atoms with E-state index in [0.29, 0.717) is 35.1 Å². The molecule has 1 atom stereocenters. The van der Waals surface area contributed by atoms with Crippen molar-refractivity contribution in [2.75, 3.05) is 19.7 Å². The van der Waals surface area contributed by atoms with Gasteiger partial charge in [0.15, 0.2) is 28.2 Å². The molecule has 0 saturated heterocycles. The van der Waals surface area contributed by atoms with Gasteiger partial charge < -0.3 is 14.0 Å². The number of rotatable bonds is 6. The lowest BCUT2D eigenvalue weighted by atomic mass is 10.2. The monoisotopic (exact) mass is 402 g/mol. The van der Waals surface area contributed by atoms with E-state index in [2.05, 4.69) is 5.10 Å². The van der Waals surface area contributed by atoms with Gasteiger partial charge in [-0.1, -0.05) is 19.1 Å². The minimum absolute atomic E-state index is 0.0375. The summed E-state index contributed by atoms with van der Waals surface area (Å²) in [5.74, 6) is 1.76. The Balaban J connectivity index is 1.81. The fourth-order valence-corrected chi connectivity index (χ4v) is 3.18. The first-order valence-electron chi connectivity index (χ1n) is 8.60. The van der Waals surface area contributed by atoms with E-state index in [1.807, 2.05) is 25.1 Å². The van der Waals surface area contributed by atoms with Crippen LogP contribution in [0.2, 0.25) is 0 Å². The molecule has 0 spiro atoms. The summed E-state index contributed by atoms with van der Waals surface area (Å²) >= 11 is 5.36. The molecular formula is C17H21F3N4O2S. The van der Waals surface area contributed by atoms with Crippen LogP contribution < -0.4 is 9.47 Å². The van der Waals surface area contributed by atoms with Crippen molar-refractivity contribution >= 4 is 12.2 Å². The predicted octanol–water partition coefficient (Wildman–Crippen LogP) is 3.70. The summed E-state index contributed by atoms with van der Waals surface area (Å²) in [6.07, 6.45) is -4.17. The molecule has 3 rings (SSSR count). The van der Waals surface area contributed by atoms with Crippen LogP contribution >= 0.6 is 12.2 Å². The van der Waals surface area contributed by atoms with Gasteiger partial charge in [-0.15, -0.1) is 0 Å². The molecule has 2 heterocycles. The van der Waals surface area contributed by atoms with E-state index in [1.54, 1.807) is 17.7 Å². The molecular weight excluding hydrogens is 381 g/mol. The van der Waals surface area contributed by atoms with Crippen LogP contribution in [-0.4, -0.2) is 45.1 Å². The summed E-state index contributed by atoms with van der Waals surface area (Å²) in [6.45, 7) is 1.33. The van der Waals surface area contributed by atoms with E-state index in [1.165, 1.54) is 9.58 Å². The fraction of sp³-hybridized carbons (Fsp3) is 0.529. The Morgan fingerprint density at radius 3 is 2.67 bits per heavy atom. The van der Waals surface area contributed by atoms with Gasteiger partial charge in [-0.3, -0.25) is 4.90 Å². The molecule has 0 amide bonds. The SMILES string of the molecule is CCCN(Cn1nc(C2COc3ccccc3O2)n(C)c1=S)CC(F)(F)F. The maximum atomic E-state index is 12.8. The van der Waals surface area contributed by atoms with Gasteiger partial charge in [0.25, 0.3) is 0 Å². The number of hydrogen-bond acceptors (Lipinski definition) is 5. The van der Waals surface area contributed by atoms with E-state index in [9.17, 15) is 13.2 Å². The van der Waals surface area contributed by atoms with Gasteiger partial charge in [-0.25, -0.2) is 4.68 Å². The first-order valence-corrected chi connectivity index (χ1v) is 9.00. The van der Waals surface area contributed by atoms with Gasteiger partial charge >= 0.3 is 6.18 Å². The van der Waals surface area contributed by atoms with Crippen molar-refractivity contribution in [1.82, 2.24) is 19.2 Å². The van der Waals surface area contributed by atoms with Crippen LogP contribution in [0.3, 0.4) is 0 Å². The first-order chi connectivity index (χ1) is 12.8. The Labute approximate surface area is 160 Å². The van der Waals surface area contributed by atoms with Crippen molar-refractivity contribution in [1.29, 1.82) is 0 Å². The number of alkyl halides is 3. The summed E-state index contributed by atoms with van der Waals surface area (Å²) in [6, 6.07) is 7.28. The summed E-state index contributed by atoms with van der Waals surface area (Å²) in [4.78, 5) is 1.28. The van der Waals surface area contributed by atoms with E-state index >= 15 is 0 Å². The zero-order valence-corrected chi connectivity index (χ0v) is 15.9. The zero-order chi connectivity index (χ0) is 19.6. The van der Waals surface area contributed by atoms with Gasteiger partial charge in [0.2, 0.25) is 0 Å². The lowest BCUT2D eigenvalue weighted by Gasteiger charge is -2.25. The highest BCUT2D eigenvalue weighted by Gasteiger charge is 2.31. The van der Waals surface area contributed by atoms with Crippen LogP contribution in [0.5, 0.6) is 11.5 Å². The molecule has 1 aromatic heterocycles. The summed E-state index contributed by atoms with van der Waals surface area (Å²) in [5, 5.41) is 4.42. The van der Waals surface area contributed by atoms with Gasteiger partial charge in [0.1, 0.15) is 6.61 Å². The van der Waals surface area contributed by atoms with Crippen LogP contribution in [0.25, 0.3) is 0 Å². The maximum absolute atomic E-state index is 12.8. The third kappa shape index (κ3) is 4.62. The summed E-state index contributed by atoms with van der Waals surface area (Å²) in [5.41, 5.74) is 0. The molecule has 2 aromatic rings. The molecule has 0 saturated carbocycles. The number of aromatic nitrogens is 3. The molecule has 0 N–H and O–H groups in total. The molecule has 0 aliphatic carbocycles. The molecule has 6 nitrogen and oxygen atoms in total. The number of fused-ring (bicyclic) bond motifs is 1. The predicted molar refractivity (Wildman–Crippen MR) is 95.3 cm³/mol. The number of benzene rings is 1. The maximum Gasteiger partial charge on any atom is 0.401 e. The highest BCUT2D eigenvalue weighted by molar-refractivity contribution is 7.71. The Kier molecular flexibility index (Phi) is 5.75. The van der Waals surface area contributed by atoms with Crippen LogP contribution in [0.1, 0.15) is 25.3 Å². The van der Waals surface area contributed by atoms with Crippen molar-refractivity contribution in [3.8, 4) is 11.5 Å². The van der Waals surface area contributed by atoms with E-state index in [4.69, 9.17) is 21.7 Å². The number of hydrogen-bond donors (Lipinski definition) is 0. The average Bonchev–Trinajstić information content (AvgIpc) is 2.88. The Hall–Kier alpha value is -2.07. The van der Waals surface area contributed by atoms with Gasteiger partial charge in [0.05, 0.1) is 13.2 Å². The topological polar surface area (TPSA) is 44.5 Å². The van der Waals surface area contributed by atoms with Crippen molar-refractivity contribution in [3.63, 3.8) is 0 Å². The van der Waals surface area contributed by atoms with Crippen molar-refractivity contribution in [3.05, 3.63) is 34.9 Å². The zero-order valence-electron chi connectivity index (χ0n) is 15.1. The van der Waals surface area contributed by atoms with Crippen LogP contribution in [0.4, 0.5) is 13.2 Å². The second-order valence-electron chi connectivity index (χ2n) is 6.37. The van der Waals surface area contributed by atoms with Gasteiger partial charge in [-0.2, -0.15) is 18.3 Å². The standard InChI is InChI=1S/C17H21F3N4O2S/c1-3-8-23(10-17(18,19)20)11-24-16(27)22(2)15(21-24)14-9-25-12-6-4-5-7-13(12)26-14/h4-7,14H,3,8-11H2,1-2H3. The molecule has 1 aromatic carbocycles. The fourth-order valence-electron chi connectivity index (χ4n) is 2.98. The smallest absolute Gasteiger partial charge is 0.401 e. The minimum Gasteiger partial charge on any atom is -0.485 e. The van der Waals surface area contributed by atoms with Crippen LogP contribution in [-0.2, 0) is 13.7 Å². The molecule has 1 aliphatic rings. The summed E-state index contributed by atoms with van der Waals surface area (Å²) < 4.78 is 53.4. The quantitative estimate of drug-likeness (QED) is 0.690. The second-order valence-corrected chi connectivity index (χ2v) is 6.74. The van der Waals surface area contributed by atoms with Crippen molar-refractivity contribution < 1.29 is 22.6 Å². The molecule has 1 aliphatic heterocycles. The lowest BCUT2D eigenvalue weighted by Crippen LogP contribution is -2.36. The largest absolute Gasteiger partial charge is 0.485 e. The van der Waals surface area contributed by atoms with Crippen molar-refractivity contribution in [2.24, 2.45) is 7.05 Å². The second kappa shape index (κ2) is 7.89. The summed E-state index contributed by atoms with van der Waals surface area (Å²) in [7, 11) is 1.72. The van der Waals surface area contributed by atoms with Crippen LogP contribution in [0.15, 0.2) is 24.3 Å². The average molecular weight is 402 g/mol. The third-order valence-electron chi connectivity index (χ3n) is 4.15. The lowest BCUT2D eigenvalue weighted by molar-refractivity contribution is -0.149. The van der Waals surface area contributed by atoms with E-state index in [0.717, 1.165) is 0 Å². The van der Waals surface area contributed by atoms with Gasteiger partial charge in [0, 0.05) is 7.05 Å². The Morgan fingerprint density at radius 2 is 2.00 bits per heavy atom. The molecule has 0 bridgehead atoms. The number of halogens is 3.